The fourth-order valence-electron chi connectivity index (χ4n) is 1.31. The van der Waals surface area contributed by atoms with E-state index < -0.39 is 0 Å². The van der Waals surface area contributed by atoms with Crippen LogP contribution in [0.4, 0.5) is 0 Å². The molecule has 0 radical (unpaired) electrons. The Hall–Kier alpha value is 0.660. The highest BCUT2D eigenvalue weighted by Gasteiger charge is 2.27. The summed E-state index contributed by atoms with van der Waals surface area (Å²) in [7, 11) is 0. The van der Waals surface area contributed by atoms with Gasteiger partial charge in [-0.05, 0) is 30.3 Å². The maximum atomic E-state index is 5.52. The molecule has 3 heteroatoms. The largest absolute Gasteiger partial charge is 0.377 e. The molecule has 0 saturated carbocycles. The zero-order valence-electron chi connectivity index (χ0n) is 8.75. The molecule has 1 nitrogen and oxygen atoms in total. The summed E-state index contributed by atoms with van der Waals surface area (Å²) in [5, 5.41) is 0.708. The van der Waals surface area contributed by atoms with Crippen LogP contribution in [0.15, 0.2) is 0 Å². The summed E-state index contributed by atoms with van der Waals surface area (Å²) >= 11 is 6.41. The smallest absolute Gasteiger partial charge is 0.0666 e. The first-order chi connectivity index (χ1) is 6.05. The van der Waals surface area contributed by atoms with Crippen LogP contribution in [0.25, 0.3) is 0 Å². The van der Waals surface area contributed by atoms with E-state index in [-0.39, 0.29) is 0 Å². The molecule has 13 heavy (non-hydrogen) atoms. The number of hydrogen-bond donors (Lipinski definition) is 1. The summed E-state index contributed by atoms with van der Waals surface area (Å²) in [6.45, 7) is 7.67. The van der Waals surface area contributed by atoms with Gasteiger partial charge in [-0.3, -0.25) is 0 Å². The third-order valence-electron chi connectivity index (χ3n) is 2.42. The first-order valence-corrected chi connectivity index (χ1v) is 6.57. The average molecular weight is 220 g/mol. The second-order valence-corrected chi connectivity index (χ2v) is 6.08. The van der Waals surface area contributed by atoms with Crippen molar-refractivity contribution in [3.8, 4) is 0 Å². The van der Waals surface area contributed by atoms with Gasteiger partial charge in [-0.25, -0.2) is 0 Å². The Labute approximate surface area is 91.4 Å². The first-order valence-electron chi connectivity index (χ1n) is 4.89. The van der Waals surface area contributed by atoms with E-state index in [2.05, 4.69) is 33.4 Å². The van der Waals surface area contributed by atoms with E-state index in [1.54, 1.807) is 0 Å². The summed E-state index contributed by atoms with van der Waals surface area (Å²) in [4.78, 5) is 0. The fraction of sp³-hybridized carbons (Fsp3) is 1.00. The van der Waals surface area contributed by atoms with E-state index in [1.807, 2.05) is 11.8 Å². The lowest BCUT2D eigenvalue weighted by Crippen LogP contribution is -2.21. The van der Waals surface area contributed by atoms with Crippen LogP contribution in [0.1, 0.15) is 27.2 Å². The summed E-state index contributed by atoms with van der Waals surface area (Å²) < 4.78 is 5.52. The van der Waals surface area contributed by atoms with Crippen LogP contribution in [-0.4, -0.2) is 29.5 Å². The van der Waals surface area contributed by atoms with Gasteiger partial charge in [0.25, 0.3) is 0 Å². The van der Waals surface area contributed by atoms with Crippen LogP contribution in [0, 0.1) is 5.41 Å². The van der Waals surface area contributed by atoms with Crippen LogP contribution in [0.3, 0.4) is 0 Å². The van der Waals surface area contributed by atoms with E-state index in [0.29, 0.717) is 16.8 Å². The van der Waals surface area contributed by atoms with Gasteiger partial charge in [0.15, 0.2) is 0 Å². The lowest BCUT2D eigenvalue weighted by molar-refractivity contribution is 0.127. The van der Waals surface area contributed by atoms with Gasteiger partial charge in [-0.1, -0.05) is 13.8 Å². The van der Waals surface area contributed by atoms with Gasteiger partial charge < -0.3 is 4.74 Å². The minimum absolute atomic E-state index is 0.357. The van der Waals surface area contributed by atoms with Crippen molar-refractivity contribution in [1.29, 1.82) is 0 Å². The molecule has 0 spiro atoms. The third kappa shape index (κ3) is 3.72. The zero-order chi connectivity index (χ0) is 9.90. The number of ether oxygens (including phenoxy) is 1. The monoisotopic (exact) mass is 220 g/mol. The number of hydrogen-bond acceptors (Lipinski definition) is 3. The highest BCUT2D eigenvalue weighted by molar-refractivity contribution is 8.00. The quantitative estimate of drug-likeness (QED) is 0.730. The molecule has 2 unspecified atom stereocenters. The van der Waals surface area contributed by atoms with Crippen molar-refractivity contribution in [3.63, 3.8) is 0 Å². The molecule has 0 aliphatic carbocycles. The molecule has 1 fully saturated rings. The van der Waals surface area contributed by atoms with E-state index >= 15 is 0 Å². The lowest BCUT2D eigenvalue weighted by Gasteiger charge is -2.24. The van der Waals surface area contributed by atoms with E-state index in [1.165, 1.54) is 12.2 Å². The molecule has 1 saturated heterocycles. The number of thiol groups is 1. The van der Waals surface area contributed by atoms with Crippen molar-refractivity contribution < 1.29 is 4.74 Å². The molecule has 0 aromatic heterocycles. The second-order valence-electron chi connectivity index (χ2n) is 4.54. The van der Waals surface area contributed by atoms with E-state index in [9.17, 15) is 0 Å². The topological polar surface area (TPSA) is 9.23 Å². The predicted octanol–water partition coefficient (Wildman–Crippen LogP) is 2.85. The minimum atomic E-state index is 0.357. The van der Waals surface area contributed by atoms with Crippen molar-refractivity contribution in [2.45, 2.75) is 38.5 Å². The van der Waals surface area contributed by atoms with Crippen LogP contribution in [-0.2, 0) is 4.74 Å². The summed E-state index contributed by atoms with van der Waals surface area (Å²) in [6.07, 6.45) is 1.66. The maximum Gasteiger partial charge on any atom is 0.0666 e. The zero-order valence-corrected chi connectivity index (χ0v) is 10.5. The van der Waals surface area contributed by atoms with Crippen molar-refractivity contribution in [2.24, 2.45) is 5.41 Å². The van der Waals surface area contributed by atoms with Gasteiger partial charge in [-0.2, -0.15) is 24.4 Å². The Morgan fingerprint density at radius 3 is 2.69 bits per heavy atom. The van der Waals surface area contributed by atoms with Crippen molar-refractivity contribution in [3.05, 3.63) is 0 Å². The molecule has 78 valence electrons. The highest BCUT2D eigenvalue weighted by Crippen LogP contribution is 2.31. The van der Waals surface area contributed by atoms with Gasteiger partial charge >= 0.3 is 0 Å². The van der Waals surface area contributed by atoms with Gasteiger partial charge in [0.05, 0.1) is 6.10 Å². The van der Waals surface area contributed by atoms with Gasteiger partial charge in [0.2, 0.25) is 0 Å². The summed E-state index contributed by atoms with van der Waals surface area (Å²) in [5.41, 5.74) is 0.357. The van der Waals surface area contributed by atoms with Crippen LogP contribution in [0.5, 0.6) is 0 Å². The highest BCUT2D eigenvalue weighted by atomic mass is 32.2. The fourth-order valence-corrected chi connectivity index (χ4v) is 2.95. The minimum Gasteiger partial charge on any atom is -0.377 e. The van der Waals surface area contributed by atoms with Crippen molar-refractivity contribution >= 4 is 24.4 Å². The first kappa shape index (κ1) is 11.7. The number of rotatable bonds is 4. The standard InChI is InChI=1S/C10H20OS2/c1-8-9(4-5-11-8)13-7-10(2,3)6-12/h8-9,12H,4-7H2,1-3H3. The molecule has 0 aromatic carbocycles. The Kier molecular flexibility index (Phi) is 4.46. The van der Waals surface area contributed by atoms with Crippen molar-refractivity contribution in [2.75, 3.05) is 18.1 Å². The Morgan fingerprint density at radius 1 is 1.54 bits per heavy atom. The molecule has 2 atom stereocenters. The Morgan fingerprint density at radius 2 is 2.23 bits per heavy atom. The van der Waals surface area contributed by atoms with Gasteiger partial charge in [-0.15, -0.1) is 0 Å². The van der Waals surface area contributed by atoms with Crippen LogP contribution in [0.2, 0.25) is 0 Å². The van der Waals surface area contributed by atoms with E-state index in [4.69, 9.17) is 4.74 Å². The molecule has 1 aliphatic rings. The van der Waals surface area contributed by atoms with E-state index in [0.717, 1.165) is 12.4 Å². The average Bonchev–Trinajstić information content (AvgIpc) is 2.48. The lowest BCUT2D eigenvalue weighted by atomic mass is 10.0. The Balaban J connectivity index is 2.25. The summed E-state index contributed by atoms with van der Waals surface area (Å²) in [5.74, 6) is 2.15. The molecule has 0 aromatic rings. The third-order valence-corrected chi connectivity index (χ3v) is 5.27. The maximum absolute atomic E-state index is 5.52. The van der Waals surface area contributed by atoms with Gasteiger partial charge in [0.1, 0.15) is 0 Å². The molecule has 0 N–H and O–H groups in total. The molecule has 0 amide bonds. The molecular weight excluding hydrogens is 200 g/mol. The van der Waals surface area contributed by atoms with Crippen molar-refractivity contribution in [1.82, 2.24) is 0 Å². The summed E-state index contributed by atoms with van der Waals surface area (Å²) in [6, 6.07) is 0. The van der Waals surface area contributed by atoms with Crippen LogP contribution < -0.4 is 0 Å². The second kappa shape index (κ2) is 4.94. The van der Waals surface area contributed by atoms with Crippen LogP contribution >= 0.6 is 24.4 Å². The molecule has 1 rings (SSSR count). The predicted molar refractivity (Wildman–Crippen MR) is 63.9 cm³/mol. The molecule has 1 aliphatic heterocycles. The normalized spacial score (nSPS) is 29.5. The SMILES string of the molecule is CC1OCCC1SCC(C)(C)CS. The van der Waals surface area contributed by atoms with Gasteiger partial charge in [0, 0.05) is 11.9 Å². The number of thioether (sulfide) groups is 1. The molecule has 0 bridgehead atoms. The Bertz CT molecular complexity index is 159. The molecule has 1 heterocycles. The molecular formula is C10H20OS2.